The number of unbranched alkanes of at least 4 members (excludes halogenated alkanes) is 1. The predicted molar refractivity (Wildman–Crippen MR) is 157 cm³/mol. The number of aryl methyl sites for hydroxylation is 1. The monoisotopic (exact) mass is 595 g/mol. The van der Waals surface area contributed by atoms with Gasteiger partial charge in [0.25, 0.3) is 5.91 Å². The number of carbonyl (C=O) groups is 3. The topological polar surface area (TPSA) is 109 Å². The highest BCUT2D eigenvalue weighted by Crippen LogP contribution is 2.27. The summed E-state index contributed by atoms with van der Waals surface area (Å²) in [5, 5.41) is 12.2. The molecule has 0 saturated carbocycles. The van der Waals surface area contributed by atoms with Gasteiger partial charge < -0.3 is 20.1 Å². The summed E-state index contributed by atoms with van der Waals surface area (Å²) in [5.74, 6) is -5.83. The number of fused-ring (bicyclic) bond motifs is 11. The van der Waals surface area contributed by atoms with Crippen LogP contribution < -0.4 is 5.32 Å². The number of amides is 3. The standard InChI is InChI=1S/C28H26F3N5O3.C4H10/c29-21-12-22(30)25(31)26-20(21)11-23(34-26)28(39)35-9-3-1-2-4-16-5-7-18(8-6-16)33-27(38)17-10-19(13-32)36(14-17)24(37)15-35;1-3-4-2/h5-8,11-12,17,19,34H,1-4,9-10,14-15H2,(H,33,38);3-4H2,1-2H3. The molecule has 8 nitrogen and oxygen atoms in total. The van der Waals surface area contributed by atoms with Crippen LogP contribution in [0, 0.1) is 34.7 Å². The molecule has 1 aromatic heterocycles. The number of hydrogen-bond donors (Lipinski definition) is 2. The highest BCUT2D eigenvalue weighted by atomic mass is 19.2. The van der Waals surface area contributed by atoms with Crippen molar-refractivity contribution >= 4 is 34.3 Å². The van der Waals surface area contributed by atoms with Crippen LogP contribution in [0.2, 0.25) is 0 Å². The van der Waals surface area contributed by atoms with E-state index in [4.69, 9.17) is 0 Å². The molecule has 3 aromatic rings. The molecule has 3 aliphatic heterocycles. The molecule has 4 bridgehead atoms. The van der Waals surface area contributed by atoms with Crippen LogP contribution in [0.3, 0.4) is 0 Å². The minimum Gasteiger partial charge on any atom is -0.348 e. The molecule has 0 spiro atoms. The van der Waals surface area contributed by atoms with E-state index >= 15 is 0 Å². The Morgan fingerprint density at radius 3 is 2.42 bits per heavy atom. The van der Waals surface area contributed by atoms with Gasteiger partial charge in [-0.05, 0) is 49.4 Å². The minimum atomic E-state index is -1.39. The van der Waals surface area contributed by atoms with Gasteiger partial charge in [0.15, 0.2) is 11.6 Å². The summed E-state index contributed by atoms with van der Waals surface area (Å²) in [6, 6.07) is 10.2. The molecule has 2 aromatic carbocycles. The number of nitriles is 1. The molecular weight excluding hydrogens is 559 g/mol. The molecule has 43 heavy (non-hydrogen) atoms. The highest BCUT2D eigenvalue weighted by Gasteiger charge is 2.39. The predicted octanol–water partition coefficient (Wildman–Crippen LogP) is 5.94. The number of hydrogen-bond acceptors (Lipinski definition) is 4. The third kappa shape index (κ3) is 7.37. The average molecular weight is 596 g/mol. The number of benzene rings is 2. The Morgan fingerprint density at radius 1 is 1.02 bits per heavy atom. The van der Waals surface area contributed by atoms with Crippen molar-refractivity contribution < 1.29 is 27.6 Å². The van der Waals surface area contributed by atoms with Crippen LogP contribution in [0.15, 0.2) is 36.4 Å². The fourth-order valence-corrected chi connectivity index (χ4v) is 5.21. The Balaban J connectivity index is 0.000000996. The Labute approximate surface area is 248 Å². The maximum Gasteiger partial charge on any atom is 0.270 e. The molecule has 6 rings (SSSR count). The molecule has 2 atom stereocenters. The van der Waals surface area contributed by atoms with Crippen molar-refractivity contribution in [3.8, 4) is 6.07 Å². The lowest BCUT2D eigenvalue weighted by Gasteiger charge is -2.26. The van der Waals surface area contributed by atoms with Gasteiger partial charge in [0.1, 0.15) is 24.1 Å². The number of nitrogens with zero attached hydrogens (tertiary/aromatic N) is 3. The lowest BCUT2D eigenvalue weighted by molar-refractivity contribution is -0.132. The number of aromatic nitrogens is 1. The van der Waals surface area contributed by atoms with Gasteiger partial charge >= 0.3 is 0 Å². The van der Waals surface area contributed by atoms with Crippen molar-refractivity contribution in [3.05, 3.63) is 65.1 Å². The first-order valence-corrected chi connectivity index (χ1v) is 14.7. The zero-order valence-corrected chi connectivity index (χ0v) is 24.4. The van der Waals surface area contributed by atoms with E-state index < -0.39 is 53.3 Å². The van der Waals surface area contributed by atoms with Crippen LogP contribution in [0.25, 0.3) is 10.9 Å². The number of carbonyl (C=O) groups excluding carboxylic acids is 3. The van der Waals surface area contributed by atoms with E-state index in [0.29, 0.717) is 18.2 Å². The third-order valence-electron chi connectivity index (χ3n) is 7.86. The van der Waals surface area contributed by atoms with Crippen LogP contribution >= 0.6 is 0 Å². The van der Waals surface area contributed by atoms with Gasteiger partial charge in [0, 0.05) is 30.2 Å². The number of H-pyrrole nitrogens is 1. The van der Waals surface area contributed by atoms with E-state index in [1.807, 2.05) is 24.3 Å². The second-order valence-electron chi connectivity index (χ2n) is 11.0. The Hall–Kier alpha value is -4.33. The minimum absolute atomic E-state index is 0.0189. The molecule has 1 fully saturated rings. The molecule has 3 amide bonds. The van der Waals surface area contributed by atoms with E-state index in [0.717, 1.165) is 30.9 Å². The van der Waals surface area contributed by atoms with Crippen molar-refractivity contribution in [1.82, 2.24) is 14.8 Å². The smallest absolute Gasteiger partial charge is 0.270 e. The molecule has 0 radical (unpaired) electrons. The molecule has 3 aliphatic rings. The van der Waals surface area contributed by atoms with Crippen molar-refractivity contribution in [2.45, 2.75) is 64.8 Å². The molecule has 2 unspecified atom stereocenters. The van der Waals surface area contributed by atoms with Crippen molar-refractivity contribution in [1.29, 1.82) is 5.26 Å². The quantitative estimate of drug-likeness (QED) is 0.358. The van der Waals surface area contributed by atoms with Gasteiger partial charge in [0.05, 0.1) is 17.5 Å². The fourth-order valence-electron chi connectivity index (χ4n) is 5.21. The number of rotatable bonds is 2. The summed E-state index contributed by atoms with van der Waals surface area (Å²) in [4.78, 5) is 44.7. The van der Waals surface area contributed by atoms with Gasteiger partial charge in [-0.15, -0.1) is 0 Å². The third-order valence-corrected chi connectivity index (χ3v) is 7.86. The second-order valence-corrected chi connectivity index (χ2v) is 11.0. The SMILES string of the molecule is CCCC.N#CC1CC2CN1C(=O)CN(C(=O)c1cc3c(F)cc(F)c(F)c3[nH]1)CCCCCc1ccc(cc1)NC2=O. The van der Waals surface area contributed by atoms with E-state index in [-0.39, 0.29) is 36.5 Å². The number of anilines is 1. The largest absolute Gasteiger partial charge is 0.348 e. The van der Waals surface area contributed by atoms with Crippen molar-refractivity contribution in [2.24, 2.45) is 5.92 Å². The molecule has 228 valence electrons. The van der Waals surface area contributed by atoms with Crippen molar-refractivity contribution in [2.75, 3.05) is 25.0 Å². The van der Waals surface area contributed by atoms with E-state index in [1.54, 1.807) is 0 Å². The Morgan fingerprint density at radius 2 is 1.74 bits per heavy atom. The molecule has 1 saturated heterocycles. The van der Waals surface area contributed by atoms with E-state index in [1.165, 1.54) is 22.6 Å². The van der Waals surface area contributed by atoms with Crippen LogP contribution in [0.4, 0.5) is 18.9 Å². The summed E-state index contributed by atoms with van der Waals surface area (Å²) in [5.41, 5.74) is 1.06. The summed E-state index contributed by atoms with van der Waals surface area (Å²) < 4.78 is 42.2. The molecular formula is C32H36F3N5O3. The van der Waals surface area contributed by atoms with Gasteiger partial charge in [-0.25, -0.2) is 13.2 Å². The summed E-state index contributed by atoms with van der Waals surface area (Å²) in [6.07, 6.45) is 5.69. The lowest BCUT2D eigenvalue weighted by atomic mass is 10.0. The second kappa shape index (κ2) is 14.2. The van der Waals surface area contributed by atoms with Crippen LogP contribution in [-0.4, -0.2) is 58.2 Å². The zero-order chi connectivity index (χ0) is 31.1. The van der Waals surface area contributed by atoms with Crippen LogP contribution in [-0.2, 0) is 16.0 Å². The molecule has 11 heteroatoms. The van der Waals surface area contributed by atoms with Gasteiger partial charge in [0.2, 0.25) is 11.8 Å². The van der Waals surface area contributed by atoms with Crippen LogP contribution in [0.1, 0.15) is 68.4 Å². The maximum absolute atomic E-state index is 14.3. The van der Waals surface area contributed by atoms with Gasteiger partial charge in [-0.1, -0.05) is 45.2 Å². The summed E-state index contributed by atoms with van der Waals surface area (Å²) in [6.45, 7) is 4.16. The molecule has 2 N–H and O–H groups in total. The summed E-state index contributed by atoms with van der Waals surface area (Å²) >= 11 is 0. The Kier molecular flexibility index (Phi) is 10.5. The van der Waals surface area contributed by atoms with Gasteiger partial charge in [-0.2, -0.15) is 5.26 Å². The molecule has 0 aliphatic carbocycles. The average Bonchev–Trinajstić information content (AvgIpc) is 3.65. The summed E-state index contributed by atoms with van der Waals surface area (Å²) in [7, 11) is 0. The lowest BCUT2D eigenvalue weighted by Crippen LogP contribution is -2.45. The maximum atomic E-state index is 14.3. The Bertz CT molecular complexity index is 1510. The van der Waals surface area contributed by atoms with Crippen LogP contribution in [0.5, 0.6) is 0 Å². The van der Waals surface area contributed by atoms with Gasteiger partial charge in [-0.3, -0.25) is 14.4 Å². The highest BCUT2D eigenvalue weighted by molar-refractivity contribution is 6.00. The number of aromatic amines is 1. The van der Waals surface area contributed by atoms with Crippen molar-refractivity contribution in [3.63, 3.8) is 0 Å². The first kappa shape index (κ1) is 31.6. The zero-order valence-electron chi connectivity index (χ0n) is 24.4. The first-order valence-electron chi connectivity index (χ1n) is 14.7. The normalized spacial score (nSPS) is 19.4. The van der Waals surface area contributed by atoms with E-state index in [9.17, 15) is 32.8 Å². The number of halogens is 3. The number of nitrogens with one attached hydrogen (secondary N) is 2. The first-order chi connectivity index (χ1) is 20.7. The van der Waals surface area contributed by atoms with E-state index in [2.05, 4.69) is 30.2 Å². The molecule has 4 heterocycles. The fraction of sp³-hybridized carbons (Fsp3) is 0.438.